The van der Waals surface area contributed by atoms with Crippen LogP contribution in [0.2, 0.25) is 5.02 Å². The maximum absolute atomic E-state index is 13.8. The van der Waals surface area contributed by atoms with Crippen LogP contribution in [0.5, 0.6) is 5.75 Å². The topological polar surface area (TPSA) is 55.8 Å². The Labute approximate surface area is 155 Å². The molecule has 2 aromatic rings. The fraction of sp³-hybridized carbons (Fsp3) is 0.263. The van der Waals surface area contributed by atoms with Gasteiger partial charge in [-0.1, -0.05) is 29.8 Å². The molecule has 1 aliphatic heterocycles. The van der Waals surface area contributed by atoms with Crippen molar-refractivity contribution in [2.24, 2.45) is 0 Å². The first kappa shape index (κ1) is 18.2. The van der Waals surface area contributed by atoms with Gasteiger partial charge in [-0.15, -0.1) is 0 Å². The monoisotopic (exact) mass is 377 g/mol. The number of ether oxygens (including phenoxy) is 2. The molecule has 1 saturated heterocycles. The number of hydrogen-bond donors (Lipinski definition) is 0. The molecule has 3 rings (SSSR count). The zero-order valence-electron chi connectivity index (χ0n) is 14.0. The maximum atomic E-state index is 13.8. The summed E-state index contributed by atoms with van der Waals surface area (Å²) in [6.45, 7) is 0.138. The summed E-state index contributed by atoms with van der Waals surface area (Å²) < 4.78 is 24.3. The van der Waals surface area contributed by atoms with Gasteiger partial charge in [0.05, 0.1) is 13.7 Å². The number of methoxy groups -OCH3 is 1. The van der Waals surface area contributed by atoms with Crippen molar-refractivity contribution in [3.8, 4) is 5.75 Å². The van der Waals surface area contributed by atoms with Crippen LogP contribution in [0.3, 0.4) is 0 Å². The van der Waals surface area contributed by atoms with Crippen molar-refractivity contribution in [3.63, 3.8) is 0 Å². The number of likely N-dealkylation sites (tertiary alicyclic amines) is 1. The fourth-order valence-electron chi connectivity index (χ4n) is 2.97. The number of para-hydroxylation sites is 1. The third kappa shape index (κ3) is 3.80. The summed E-state index contributed by atoms with van der Waals surface area (Å²) in [7, 11) is 1.26. The lowest BCUT2D eigenvalue weighted by molar-refractivity contribution is -0.145. The van der Waals surface area contributed by atoms with Gasteiger partial charge in [0.15, 0.2) is 11.6 Å². The summed E-state index contributed by atoms with van der Waals surface area (Å²) in [4.78, 5) is 26.3. The predicted octanol–water partition coefficient (Wildman–Crippen LogP) is 3.31. The van der Waals surface area contributed by atoms with Crippen LogP contribution in [-0.4, -0.2) is 42.6 Å². The maximum Gasteiger partial charge on any atom is 0.328 e. The van der Waals surface area contributed by atoms with Crippen molar-refractivity contribution in [3.05, 3.63) is 64.9 Å². The van der Waals surface area contributed by atoms with E-state index in [4.69, 9.17) is 21.1 Å². The van der Waals surface area contributed by atoms with Crippen molar-refractivity contribution in [1.29, 1.82) is 0 Å². The van der Waals surface area contributed by atoms with E-state index in [1.807, 2.05) is 0 Å². The summed E-state index contributed by atoms with van der Waals surface area (Å²) in [6, 6.07) is 11.7. The highest BCUT2D eigenvalue weighted by Crippen LogP contribution is 2.27. The van der Waals surface area contributed by atoms with Crippen LogP contribution in [-0.2, 0) is 9.53 Å². The molecule has 0 radical (unpaired) electrons. The van der Waals surface area contributed by atoms with Crippen LogP contribution in [0, 0.1) is 5.82 Å². The van der Waals surface area contributed by atoms with E-state index in [1.165, 1.54) is 30.2 Å². The molecule has 26 heavy (non-hydrogen) atoms. The summed E-state index contributed by atoms with van der Waals surface area (Å²) in [6.07, 6.45) is -0.313. The normalized spacial score (nSPS) is 19.3. The Morgan fingerprint density at radius 1 is 1.19 bits per heavy atom. The minimum absolute atomic E-state index is 0.0816. The van der Waals surface area contributed by atoms with Crippen molar-refractivity contribution < 1.29 is 23.5 Å². The third-order valence-electron chi connectivity index (χ3n) is 4.20. The number of carbonyl (C=O) groups is 2. The van der Waals surface area contributed by atoms with Gasteiger partial charge in [0, 0.05) is 17.0 Å². The van der Waals surface area contributed by atoms with Gasteiger partial charge in [-0.25, -0.2) is 9.18 Å². The number of rotatable bonds is 4. The van der Waals surface area contributed by atoms with Crippen molar-refractivity contribution in [2.75, 3.05) is 13.7 Å². The van der Waals surface area contributed by atoms with E-state index in [1.54, 1.807) is 30.3 Å². The van der Waals surface area contributed by atoms with E-state index in [0.29, 0.717) is 10.6 Å². The number of nitrogens with zero attached hydrogens (tertiary/aromatic N) is 1. The van der Waals surface area contributed by atoms with E-state index < -0.39 is 23.9 Å². The molecule has 7 heteroatoms. The van der Waals surface area contributed by atoms with E-state index in [-0.39, 0.29) is 24.6 Å². The van der Waals surface area contributed by atoms with Gasteiger partial charge in [-0.05, 0) is 30.3 Å². The van der Waals surface area contributed by atoms with E-state index in [9.17, 15) is 14.0 Å². The predicted molar refractivity (Wildman–Crippen MR) is 93.7 cm³/mol. The molecule has 0 saturated carbocycles. The van der Waals surface area contributed by atoms with Crippen LogP contribution >= 0.6 is 11.6 Å². The molecule has 1 heterocycles. The number of amides is 1. The number of hydrogen-bond acceptors (Lipinski definition) is 4. The second kappa shape index (κ2) is 7.74. The van der Waals surface area contributed by atoms with Crippen LogP contribution in [0.4, 0.5) is 4.39 Å². The lowest BCUT2D eigenvalue weighted by atomic mass is 10.1. The first-order chi connectivity index (χ1) is 12.5. The standard InChI is InChI=1S/C19H17ClFNO4/c1-25-19(24)16-10-14(26-17-8-3-2-7-15(17)21)11-22(16)18(23)12-5-4-6-13(20)9-12/h2-9,14,16H,10-11H2,1H3. The SMILES string of the molecule is COC(=O)C1CC(Oc2ccccc2F)CN1C(=O)c1cccc(Cl)c1. The van der Waals surface area contributed by atoms with E-state index in [2.05, 4.69) is 0 Å². The van der Waals surface area contributed by atoms with Gasteiger partial charge in [-0.2, -0.15) is 0 Å². The number of esters is 1. The lowest BCUT2D eigenvalue weighted by Crippen LogP contribution is -2.41. The van der Waals surface area contributed by atoms with E-state index in [0.717, 1.165) is 0 Å². The Hall–Kier alpha value is -2.60. The molecule has 1 fully saturated rings. The zero-order valence-corrected chi connectivity index (χ0v) is 14.8. The molecule has 0 aromatic heterocycles. The fourth-order valence-corrected chi connectivity index (χ4v) is 3.16. The Bertz CT molecular complexity index is 829. The lowest BCUT2D eigenvalue weighted by Gasteiger charge is -2.22. The number of halogens is 2. The van der Waals surface area contributed by atoms with Crippen molar-refractivity contribution in [1.82, 2.24) is 4.90 Å². The van der Waals surface area contributed by atoms with Crippen LogP contribution in [0.15, 0.2) is 48.5 Å². The summed E-state index contributed by atoms with van der Waals surface area (Å²) >= 11 is 5.95. The average molecular weight is 378 g/mol. The minimum atomic E-state index is -0.803. The zero-order chi connectivity index (χ0) is 18.7. The van der Waals surface area contributed by atoms with Crippen LogP contribution in [0.1, 0.15) is 16.8 Å². The van der Waals surface area contributed by atoms with Gasteiger partial charge in [0.2, 0.25) is 0 Å². The van der Waals surface area contributed by atoms with Crippen molar-refractivity contribution >= 4 is 23.5 Å². The quantitative estimate of drug-likeness (QED) is 0.767. The highest BCUT2D eigenvalue weighted by molar-refractivity contribution is 6.31. The molecule has 2 atom stereocenters. The first-order valence-electron chi connectivity index (χ1n) is 8.05. The smallest absolute Gasteiger partial charge is 0.328 e. The molecular formula is C19H17ClFNO4. The van der Waals surface area contributed by atoms with Crippen LogP contribution < -0.4 is 4.74 Å². The second-order valence-electron chi connectivity index (χ2n) is 5.91. The molecule has 2 unspecified atom stereocenters. The van der Waals surface area contributed by atoms with Gasteiger partial charge < -0.3 is 14.4 Å². The van der Waals surface area contributed by atoms with Gasteiger partial charge in [0.1, 0.15) is 12.1 Å². The second-order valence-corrected chi connectivity index (χ2v) is 6.35. The number of benzene rings is 2. The van der Waals surface area contributed by atoms with Crippen LogP contribution in [0.25, 0.3) is 0 Å². The first-order valence-corrected chi connectivity index (χ1v) is 8.43. The summed E-state index contributed by atoms with van der Waals surface area (Å²) in [5, 5.41) is 0.420. The van der Waals surface area contributed by atoms with E-state index >= 15 is 0 Å². The molecule has 0 spiro atoms. The molecule has 5 nitrogen and oxygen atoms in total. The van der Waals surface area contributed by atoms with Gasteiger partial charge in [-0.3, -0.25) is 4.79 Å². The molecule has 0 N–H and O–H groups in total. The summed E-state index contributed by atoms with van der Waals surface area (Å²) in [5.41, 5.74) is 0.359. The molecule has 1 aliphatic rings. The Morgan fingerprint density at radius 3 is 2.65 bits per heavy atom. The Morgan fingerprint density at radius 2 is 1.96 bits per heavy atom. The molecular weight excluding hydrogens is 361 g/mol. The Balaban J connectivity index is 1.82. The highest BCUT2D eigenvalue weighted by Gasteiger charge is 2.42. The highest BCUT2D eigenvalue weighted by atomic mass is 35.5. The molecule has 1 amide bonds. The minimum Gasteiger partial charge on any atom is -0.485 e. The van der Waals surface area contributed by atoms with Gasteiger partial charge >= 0.3 is 5.97 Å². The molecule has 2 aromatic carbocycles. The third-order valence-corrected chi connectivity index (χ3v) is 4.43. The molecule has 0 aliphatic carbocycles. The summed E-state index contributed by atoms with van der Waals surface area (Å²) in [5.74, 6) is -1.32. The number of carbonyl (C=O) groups excluding carboxylic acids is 2. The van der Waals surface area contributed by atoms with Crippen molar-refractivity contribution in [2.45, 2.75) is 18.6 Å². The molecule has 0 bridgehead atoms. The largest absolute Gasteiger partial charge is 0.485 e. The van der Waals surface area contributed by atoms with Gasteiger partial charge in [0.25, 0.3) is 5.91 Å². The molecule has 136 valence electrons. The average Bonchev–Trinajstić information content (AvgIpc) is 3.06. The Kier molecular flexibility index (Phi) is 5.42.